The molecule has 0 fully saturated rings. The normalized spacial score (nSPS) is 10.8. The van der Waals surface area contributed by atoms with Crippen LogP contribution in [-0.2, 0) is 6.54 Å². The van der Waals surface area contributed by atoms with Crippen molar-refractivity contribution in [1.82, 2.24) is 14.5 Å². The molecule has 0 unspecified atom stereocenters. The van der Waals surface area contributed by atoms with Gasteiger partial charge in [-0.3, -0.25) is 4.79 Å². The smallest absolute Gasteiger partial charge is 0.189 e. The van der Waals surface area contributed by atoms with E-state index in [2.05, 4.69) is 9.97 Å². The molecule has 0 atom stereocenters. The van der Waals surface area contributed by atoms with Gasteiger partial charge in [-0.05, 0) is 19.1 Å². The zero-order valence-corrected chi connectivity index (χ0v) is 11.1. The maximum atomic E-state index is 11.8. The second-order valence-corrected chi connectivity index (χ2v) is 4.68. The van der Waals surface area contributed by atoms with Crippen LogP contribution >= 0.6 is 0 Å². The van der Waals surface area contributed by atoms with Gasteiger partial charge in [0.05, 0.1) is 12.1 Å². The van der Waals surface area contributed by atoms with Gasteiger partial charge >= 0.3 is 0 Å². The van der Waals surface area contributed by atoms with E-state index < -0.39 is 0 Å². The predicted molar refractivity (Wildman–Crippen MR) is 78.5 cm³/mol. The molecule has 0 aliphatic rings. The highest BCUT2D eigenvalue weighted by Crippen LogP contribution is 2.11. The third-order valence-corrected chi connectivity index (χ3v) is 3.12. The van der Waals surface area contributed by atoms with Crippen molar-refractivity contribution in [2.45, 2.75) is 13.5 Å². The first kappa shape index (κ1) is 12.3. The van der Waals surface area contributed by atoms with Crippen LogP contribution in [0, 0.1) is 6.92 Å². The Balaban J connectivity index is 2.11. The average molecular weight is 266 g/mol. The molecule has 3 aromatic rings. The zero-order valence-electron chi connectivity index (χ0n) is 11.1. The number of para-hydroxylation sites is 1. The van der Waals surface area contributed by atoms with E-state index in [1.807, 2.05) is 35.8 Å². The van der Waals surface area contributed by atoms with Crippen molar-refractivity contribution in [3.63, 3.8) is 0 Å². The van der Waals surface area contributed by atoms with Gasteiger partial charge in [0.25, 0.3) is 0 Å². The Labute approximate surface area is 115 Å². The Hall–Kier alpha value is -2.69. The fourth-order valence-corrected chi connectivity index (χ4v) is 2.28. The van der Waals surface area contributed by atoms with Gasteiger partial charge in [-0.15, -0.1) is 0 Å². The van der Waals surface area contributed by atoms with E-state index in [0.29, 0.717) is 23.6 Å². The van der Waals surface area contributed by atoms with Gasteiger partial charge in [0.1, 0.15) is 5.82 Å². The van der Waals surface area contributed by atoms with Gasteiger partial charge in [-0.1, -0.05) is 12.1 Å². The summed E-state index contributed by atoms with van der Waals surface area (Å²) < 4.78 is 1.95. The molecule has 0 aliphatic heterocycles. The molecule has 2 heterocycles. The summed E-state index contributed by atoms with van der Waals surface area (Å²) in [6, 6.07) is 10.8. The molecule has 3 rings (SSSR count). The number of nitrogens with two attached hydrogens (primary N) is 1. The van der Waals surface area contributed by atoms with E-state index in [1.54, 1.807) is 18.3 Å². The largest absolute Gasteiger partial charge is 0.384 e. The molecule has 0 bridgehead atoms. The molecular formula is C15H14N4O. The van der Waals surface area contributed by atoms with Crippen LogP contribution in [0.4, 0.5) is 5.82 Å². The minimum atomic E-state index is 0.0153. The highest BCUT2D eigenvalue weighted by Gasteiger charge is 2.05. The van der Waals surface area contributed by atoms with Crippen LogP contribution in [0.3, 0.4) is 0 Å². The summed E-state index contributed by atoms with van der Waals surface area (Å²) >= 11 is 0. The summed E-state index contributed by atoms with van der Waals surface area (Å²) in [5, 5.41) is 0.690. The van der Waals surface area contributed by atoms with Crippen molar-refractivity contribution < 1.29 is 0 Å². The molecule has 0 spiro atoms. The number of fused-ring (bicyclic) bond motifs is 1. The lowest BCUT2D eigenvalue weighted by atomic mass is 10.2. The van der Waals surface area contributed by atoms with Crippen molar-refractivity contribution in [3.05, 3.63) is 64.3 Å². The Morgan fingerprint density at radius 1 is 1.20 bits per heavy atom. The lowest BCUT2D eigenvalue weighted by Crippen LogP contribution is -2.11. The number of hydrogen-bond donors (Lipinski definition) is 1. The average Bonchev–Trinajstić information content (AvgIpc) is 2.41. The van der Waals surface area contributed by atoms with E-state index in [-0.39, 0.29) is 5.43 Å². The van der Waals surface area contributed by atoms with Crippen molar-refractivity contribution >= 4 is 16.7 Å². The Bertz CT molecular complexity index is 818. The second-order valence-electron chi connectivity index (χ2n) is 4.68. The molecular weight excluding hydrogens is 252 g/mol. The van der Waals surface area contributed by atoms with Crippen LogP contribution in [0.2, 0.25) is 0 Å². The third kappa shape index (κ3) is 2.25. The van der Waals surface area contributed by atoms with E-state index >= 15 is 0 Å². The number of hydrogen-bond acceptors (Lipinski definition) is 4. The number of anilines is 1. The molecule has 0 saturated heterocycles. The minimum Gasteiger partial charge on any atom is -0.384 e. The summed E-state index contributed by atoms with van der Waals surface area (Å²) in [4.78, 5) is 20.4. The first-order chi connectivity index (χ1) is 9.63. The molecule has 0 amide bonds. The first-order valence-corrected chi connectivity index (χ1v) is 6.32. The topological polar surface area (TPSA) is 73.8 Å². The Morgan fingerprint density at radius 3 is 2.80 bits per heavy atom. The lowest BCUT2D eigenvalue weighted by Gasteiger charge is -2.10. The molecule has 5 nitrogen and oxygen atoms in total. The standard InChI is InChI=1S/C15H14N4O/c1-10-8-14(16)18-15(17-10)9-19-7-6-13(20)11-4-2-3-5-12(11)19/h2-8H,9H2,1H3,(H2,16,17,18). The zero-order chi connectivity index (χ0) is 14.1. The molecule has 1 aromatic carbocycles. The highest BCUT2D eigenvalue weighted by atomic mass is 16.1. The van der Waals surface area contributed by atoms with Crippen LogP contribution in [0.15, 0.2) is 47.4 Å². The molecule has 20 heavy (non-hydrogen) atoms. The highest BCUT2D eigenvalue weighted by molar-refractivity contribution is 5.78. The number of rotatable bonds is 2. The summed E-state index contributed by atoms with van der Waals surface area (Å²) in [5.74, 6) is 1.09. The number of pyridine rings is 1. The second kappa shape index (κ2) is 4.77. The Morgan fingerprint density at radius 2 is 2.00 bits per heavy atom. The molecule has 0 saturated carbocycles. The van der Waals surface area contributed by atoms with Crippen molar-refractivity contribution in [1.29, 1.82) is 0 Å². The predicted octanol–water partition coefficient (Wildman–Crippen LogP) is 1.73. The number of nitrogens with zero attached hydrogens (tertiary/aromatic N) is 3. The maximum absolute atomic E-state index is 11.8. The van der Waals surface area contributed by atoms with Crippen LogP contribution in [0.5, 0.6) is 0 Å². The van der Waals surface area contributed by atoms with Crippen LogP contribution in [-0.4, -0.2) is 14.5 Å². The summed E-state index contributed by atoms with van der Waals surface area (Å²) in [5.41, 5.74) is 7.45. The first-order valence-electron chi connectivity index (χ1n) is 6.32. The van der Waals surface area contributed by atoms with Gasteiger partial charge < -0.3 is 10.3 Å². The van der Waals surface area contributed by atoms with Gasteiger partial charge in [0.2, 0.25) is 0 Å². The van der Waals surface area contributed by atoms with Crippen LogP contribution in [0.25, 0.3) is 10.9 Å². The fraction of sp³-hybridized carbons (Fsp3) is 0.133. The molecule has 5 heteroatoms. The quantitative estimate of drug-likeness (QED) is 0.766. The molecule has 2 N–H and O–H groups in total. The van der Waals surface area contributed by atoms with Crippen molar-refractivity contribution in [2.24, 2.45) is 0 Å². The Kier molecular flexibility index (Phi) is 2.95. The third-order valence-electron chi connectivity index (χ3n) is 3.12. The van der Waals surface area contributed by atoms with Crippen LogP contribution in [0.1, 0.15) is 11.5 Å². The number of nitrogen functional groups attached to an aromatic ring is 1. The maximum Gasteiger partial charge on any atom is 0.189 e. The molecule has 0 aliphatic carbocycles. The van der Waals surface area contributed by atoms with Crippen LogP contribution < -0.4 is 11.2 Å². The SMILES string of the molecule is Cc1cc(N)nc(Cn2ccc(=O)c3ccccc32)n1. The van der Waals surface area contributed by atoms with Crippen molar-refractivity contribution in [3.8, 4) is 0 Å². The monoisotopic (exact) mass is 266 g/mol. The van der Waals surface area contributed by atoms with Gasteiger partial charge in [-0.2, -0.15) is 0 Å². The van der Waals surface area contributed by atoms with Gasteiger partial charge in [0, 0.05) is 29.4 Å². The number of benzene rings is 1. The fourth-order valence-electron chi connectivity index (χ4n) is 2.28. The van der Waals surface area contributed by atoms with Gasteiger partial charge in [-0.25, -0.2) is 9.97 Å². The minimum absolute atomic E-state index is 0.0153. The summed E-state index contributed by atoms with van der Waals surface area (Å²) in [6.45, 7) is 2.36. The summed E-state index contributed by atoms with van der Waals surface area (Å²) in [6.07, 6.45) is 1.76. The van der Waals surface area contributed by atoms with Crippen molar-refractivity contribution in [2.75, 3.05) is 5.73 Å². The van der Waals surface area contributed by atoms with E-state index in [9.17, 15) is 4.79 Å². The molecule has 100 valence electrons. The summed E-state index contributed by atoms with van der Waals surface area (Å²) in [7, 11) is 0. The van der Waals surface area contributed by atoms with E-state index in [4.69, 9.17) is 5.73 Å². The lowest BCUT2D eigenvalue weighted by molar-refractivity contribution is 0.760. The van der Waals surface area contributed by atoms with Gasteiger partial charge in [0.15, 0.2) is 11.3 Å². The number of aromatic nitrogens is 3. The molecule has 0 radical (unpaired) electrons. The number of aryl methyl sites for hydroxylation is 1. The van der Waals surface area contributed by atoms with E-state index in [0.717, 1.165) is 11.2 Å². The molecule has 2 aromatic heterocycles. The van der Waals surface area contributed by atoms with E-state index in [1.165, 1.54) is 0 Å².